The number of carbonyl (C=O) groups is 2. The Bertz CT molecular complexity index is 783. The summed E-state index contributed by atoms with van der Waals surface area (Å²) in [6.07, 6.45) is 0.650. The van der Waals surface area contributed by atoms with E-state index in [0.717, 1.165) is 0 Å². The van der Waals surface area contributed by atoms with E-state index in [2.05, 4.69) is 0 Å². The smallest absolute Gasteiger partial charge is 0.321 e. The van der Waals surface area contributed by atoms with Crippen LogP contribution in [0, 0.1) is 0 Å². The molecule has 1 heterocycles. The molecule has 0 N–H and O–H groups in total. The zero-order chi connectivity index (χ0) is 17.9. The van der Waals surface area contributed by atoms with Gasteiger partial charge in [-0.05, 0) is 35.4 Å². The van der Waals surface area contributed by atoms with Gasteiger partial charge in [0.05, 0.1) is 14.2 Å². The second kappa shape index (κ2) is 6.84. The quantitative estimate of drug-likeness (QED) is 0.593. The minimum absolute atomic E-state index is 0.0638. The Morgan fingerprint density at radius 1 is 1.08 bits per heavy atom. The van der Waals surface area contributed by atoms with Crippen LogP contribution in [0.5, 0.6) is 17.2 Å². The molecule has 6 heteroatoms. The Balaban J connectivity index is 2.19. The number of hydrogen-bond acceptors (Lipinski definition) is 6. The third-order valence-corrected chi connectivity index (χ3v) is 4.37. The third kappa shape index (κ3) is 2.80. The van der Waals surface area contributed by atoms with Gasteiger partial charge < -0.3 is 23.7 Å². The molecule has 0 radical (unpaired) electrons. The molecule has 0 spiro atoms. The average Bonchev–Trinajstić information content (AvgIpc) is 3.13. The van der Waals surface area contributed by atoms with Gasteiger partial charge >= 0.3 is 5.97 Å². The second-order valence-electron chi connectivity index (χ2n) is 5.56. The first-order chi connectivity index (χ1) is 12.2. The SMILES string of the molecule is COC(=O)C(CC=O)(c1ccc(OC)cc1)c1ccc2c(c1)OCO2. The molecule has 2 aromatic carbocycles. The maximum Gasteiger partial charge on any atom is 0.321 e. The molecule has 0 aromatic heterocycles. The highest BCUT2D eigenvalue weighted by Gasteiger charge is 2.44. The fourth-order valence-corrected chi connectivity index (χ4v) is 3.06. The highest BCUT2D eigenvalue weighted by atomic mass is 16.7. The Hall–Kier alpha value is -3.02. The maximum atomic E-state index is 12.8. The van der Waals surface area contributed by atoms with Crippen LogP contribution in [-0.4, -0.2) is 33.3 Å². The number of esters is 1. The summed E-state index contributed by atoms with van der Waals surface area (Å²) < 4.78 is 21.0. The van der Waals surface area contributed by atoms with Crippen molar-refractivity contribution in [3.05, 3.63) is 53.6 Å². The molecule has 130 valence electrons. The molecule has 0 saturated carbocycles. The summed E-state index contributed by atoms with van der Waals surface area (Å²) in [5, 5.41) is 0. The normalized spacial score (nSPS) is 14.5. The van der Waals surface area contributed by atoms with E-state index in [1.807, 2.05) is 0 Å². The van der Waals surface area contributed by atoms with Crippen LogP contribution in [0.1, 0.15) is 17.5 Å². The molecule has 0 bridgehead atoms. The van der Waals surface area contributed by atoms with Crippen molar-refractivity contribution in [3.63, 3.8) is 0 Å². The largest absolute Gasteiger partial charge is 0.497 e. The zero-order valence-corrected chi connectivity index (χ0v) is 14.0. The number of fused-ring (bicyclic) bond motifs is 1. The number of benzene rings is 2. The molecule has 2 aromatic rings. The standard InChI is InChI=1S/C19H18O6/c1-22-15-6-3-13(4-7-15)19(9-10-20,18(21)23-2)14-5-8-16-17(11-14)25-12-24-16/h3-8,10-11H,9,12H2,1-2H3. The number of methoxy groups -OCH3 is 2. The van der Waals surface area contributed by atoms with Gasteiger partial charge in [0.1, 0.15) is 17.5 Å². The van der Waals surface area contributed by atoms with Gasteiger partial charge in [0.15, 0.2) is 11.5 Å². The minimum Gasteiger partial charge on any atom is -0.497 e. The summed E-state index contributed by atoms with van der Waals surface area (Å²) in [6.45, 7) is 0.125. The van der Waals surface area contributed by atoms with Gasteiger partial charge in [-0.25, -0.2) is 0 Å². The minimum atomic E-state index is -1.27. The summed E-state index contributed by atoms with van der Waals surface area (Å²) >= 11 is 0. The molecule has 1 aliphatic heterocycles. The summed E-state index contributed by atoms with van der Waals surface area (Å²) in [7, 11) is 2.87. The van der Waals surface area contributed by atoms with E-state index in [1.165, 1.54) is 7.11 Å². The number of rotatable bonds is 6. The Morgan fingerprint density at radius 2 is 1.76 bits per heavy atom. The van der Waals surface area contributed by atoms with E-state index in [9.17, 15) is 9.59 Å². The highest BCUT2D eigenvalue weighted by Crippen LogP contribution is 2.42. The maximum absolute atomic E-state index is 12.8. The van der Waals surface area contributed by atoms with Gasteiger partial charge in [0, 0.05) is 6.42 Å². The molecule has 3 rings (SSSR count). The molecule has 0 aliphatic carbocycles. The predicted octanol–water partition coefficient (Wildman–Crippen LogP) is 2.47. The number of carbonyl (C=O) groups excluding carboxylic acids is 2. The third-order valence-electron chi connectivity index (χ3n) is 4.37. The van der Waals surface area contributed by atoms with Crippen molar-refractivity contribution >= 4 is 12.3 Å². The summed E-state index contributed by atoms with van der Waals surface area (Å²) in [4.78, 5) is 24.3. The first kappa shape index (κ1) is 16.8. The lowest BCUT2D eigenvalue weighted by Crippen LogP contribution is -2.38. The van der Waals surface area contributed by atoms with Crippen LogP contribution in [0.3, 0.4) is 0 Å². The van der Waals surface area contributed by atoms with E-state index >= 15 is 0 Å². The van der Waals surface area contributed by atoms with Crippen LogP contribution in [0.15, 0.2) is 42.5 Å². The topological polar surface area (TPSA) is 71.1 Å². The number of aldehydes is 1. The van der Waals surface area contributed by atoms with Crippen molar-refractivity contribution in [1.82, 2.24) is 0 Å². The van der Waals surface area contributed by atoms with Gasteiger partial charge in [0.25, 0.3) is 0 Å². The first-order valence-corrected chi connectivity index (χ1v) is 7.72. The van der Waals surface area contributed by atoms with Crippen molar-refractivity contribution in [3.8, 4) is 17.2 Å². The molecular formula is C19H18O6. The second-order valence-corrected chi connectivity index (χ2v) is 5.56. The van der Waals surface area contributed by atoms with Crippen molar-refractivity contribution in [2.45, 2.75) is 11.8 Å². The molecule has 0 saturated heterocycles. The lowest BCUT2D eigenvalue weighted by Gasteiger charge is -2.30. The highest BCUT2D eigenvalue weighted by molar-refractivity contribution is 5.90. The van der Waals surface area contributed by atoms with Crippen LogP contribution in [0.4, 0.5) is 0 Å². The van der Waals surface area contributed by atoms with Crippen LogP contribution in [-0.2, 0) is 19.7 Å². The zero-order valence-electron chi connectivity index (χ0n) is 14.0. The Labute approximate surface area is 145 Å². The van der Waals surface area contributed by atoms with E-state index < -0.39 is 11.4 Å². The molecule has 6 nitrogen and oxygen atoms in total. The lowest BCUT2D eigenvalue weighted by molar-refractivity contribution is -0.146. The van der Waals surface area contributed by atoms with Crippen LogP contribution < -0.4 is 14.2 Å². The van der Waals surface area contributed by atoms with Gasteiger partial charge in [0.2, 0.25) is 6.79 Å². The fourth-order valence-electron chi connectivity index (χ4n) is 3.06. The summed E-state index contributed by atoms with van der Waals surface area (Å²) in [6, 6.07) is 12.2. The lowest BCUT2D eigenvalue weighted by atomic mass is 9.72. The van der Waals surface area contributed by atoms with Crippen molar-refractivity contribution < 1.29 is 28.5 Å². The average molecular weight is 342 g/mol. The molecule has 25 heavy (non-hydrogen) atoms. The molecule has 1 aliphatic rings. The molecular weight excluding hydrogens is 324 g/mol. The van der Waals surface area contributed by atoms with Gasteiger partial charge in [-0.2, -0.15) is 0 Å². The molecule has 1 unspecified atom stereocenters. The molecule has 1 atom stereocenters. The van der Waals surface area contributed by atoms with Crippen LogP contribution in [0.2, 0.25) is 0 Å². The van der Waals surface area contributed by atoms with Gasteiger partial charge in [-0.3, -0.25) is 4.79 Å². The summed E-state index contributed by atoms with van der Waals surface area (Å²) in [5.74, 6) is 1.26. The van der Waals surface area contributed by atoms with Gasteiger partial charge in [-0.15, -0.1) is 0 Å². The Kier molecular flexibility index (Phi) is 4.61. The number of ether oxygens (including phenoxy) is 4. The van der Waals surface area contributed by atoms with Crippen LogP contribution >= 0.6 is 0 Å². The van der Waals surface area contributed by atoms with E-state index in [1.54, 1.807) is 49.6 Å². The first-order valence-electron chi connectivity index (χ1n) is 7.72. The number of hydrogen-bond donors (Lipinski definition) is 0. The van der Waals surface area contributed by atoms with E-state index in [4.69, 9.17) is 18.9 Å². The fraction of sp³-hybridized carbons (Fsp3) is 0.263. The molecule has 0 fully saturated rings. The van der Waals surface area contributed by atoms with Gasteiger partial charge in [-0.1, -0.05) is 18.2 Å². The van der Waals surface area contributed by atoms with Crippen molar-refractivity contribution in [1.29, 1.82) is 0 Å². The Morgan fingerprint density at radius 3 is 2.40 bits per heavy atom. The van der Waals surface area contributed by atoms with Crippen LogP contribution in [0.25, 0.3) is 0 Å². The summed E-state index contributed by atoms with van der Waals surface area (Å²) in [5.41, 5.74) is -0.0454. The molecule has 0 amide bonds. The van der Waals surface area contributed by atoms with Crippen molar-refractivity contribution in [2.75, 3.05) is 21.0 Å². The van der Waals surface area contributed by atoms with Crippen molar-refractivity contribution in [2.24, 2.45) is 0 Å². The monoisotopic (exact) mass is 342 g/mol. The predicted molar refractivity (Wildman–Crippen MR) is 89.0 cm³/mol. The van der Waals surface area contributed by atoms with E-state index in [0.29, 0.717) is 34.7 Å². The van der Waals surface area contributed by atoms with E-state index in [-0.39, 0.29) is 13.2 Å².